The fraction of sp³-hybridized carbons (Fsp3) is 0.636. The molecule has 1 aliphatic carbocycles. The lowest BCUT2D eigenvalue weighted by Gasteiger charge is -2.26. The van der Waals surface area contributed by atoms with Crippen LogP contribution >= 0.6 is 11.3 Å². The van der Waals surface area contributed by atoms with Gasteiger partial charge < -0.3 is 10.2 Å². The lowest BCUT2D eigenvalue weighted by molar-refractivity contribution is 0.0687. The van der Waals surface area contributed by atoms with Gasteiger partial charge in [0.2, 0.25) is 0 Å². The van der Waals surface area contributed by atoms with E-state index < -0.39 is 27.1 Å². The van der Waals surface area contributed by atoms with E-state index in [2.05, 4.69) is 9.71 Å². The second-order valence-electron chi connectivity index (χ2n) is 4.98. The third kappa shape index (κ3) is 3.00. The van der Waals surface area contributed by atoms with Crippen LogP contribution in [0, 0.1) is 5.41 Å². The fourth-order valence-corrected chi connectivity index (χ4v) is 4.74. The third-order valence-corrected chi connectivity index (χ3v) is 6.39. The van der Waals surface area contributed by atoms with Crippen molar-refractivity contribution in [2.75, 3.05) is 13.2 Å². The highest BCUT2D eigenvalue weighted by atomic mass is 32.2. The molecule has 1 aliphatic rings. The van der Waals surface area contributed by atoms with E-state index >= 15 is 0 Å². The molecular formula is C11H16N2O5S2. The molecule has 112 valence electrons. The highest BCUT2D eigenvalue weighted by molar-refractivity contribution is 7.91. The minimum Gasteiger partial charge on any atom is -0.476 e. The maximum absolute atomic E-state index is 12.1. The first-order chi connectivity index (χ1) is 9.40. The summed E-state index contributed by atoms with van der Waals surface area (Å²) < 4.78 is 26.4. The number of carboxylic acid groups (broad SMARTS) is 1. The Morgan fingerprint density at radius 2 is 2.10 bits per heavy atom. The molecule has 1 heterocycles. The predicted molar refractivity (Wildman–Crippen MR) is 72.2 cm³/mol. The minimum absolute atomic E-state index is 0.0794. The Morgan fingerprint density at radius 3 is 2.65 bits per heavy atom. The smallest absolute Gasteiger partial charge is 0.356 e. The number of nitrogens with one attached hydrogen (secondary N) is 1. The SMILES string of the molecule is O=C(O)c1ncsc1S(=O)(=O)NCC1(CO)CCCC1. The molecule has 0 spiro atoms. The van der Waals surface area contributed by atoms with Crippen LogP contribution in [-0.4, -0.2) is 42.7 Å². The molecule has 0 atom stereocenters. The number of aliphatic hydroxyl groups excluding tert-OH is 1. The summed E-state index contributed by atoms with van der Waals surface area (Å²) in [6, 6.07) is 0. The number of thiazole rings is 1. The molecule has 0 bridgehead atoms. The van der Waals surface area contributed by atoms with Crippen LogP contribution in [0.3, 0.4) is 0 Å². The molecule has 1 saturated carbocycles. The summed E-state index contributed by atoms with van der Waals surface area (Å²) in [5.74, 6) is -1.37. The first kappa shape index (κ1) is 15.4. The standard InChI is InChI=1S/C11H16N2O5S2/c14-6-11(3-1-2-4-11)5-13-20(17,18)10-8(9(15)16)12-7-19-10/h7,13-14H,1-6H2,(H,15,16). The Bertz CT molecular complexity index is 590. The average molecular weight is 320 g/mol. The Hall–Kier alpha value is -1.03. The van der Waals surface area contributed by atoms with Crippen molar-refractivity contribution in [3.63, 3.8) is 0 Å². The number of aromatic carboxylic acids is 1. The van der Waals surface area contributed by atoms with E-state index in [0.717, 1.165) is 37.0 Å². The zero-order valence-corrected chi connectivity index (χ0v) is 12.3. The molecule has 0 aromatic carbocycles. The van der Waals surface area contributed by atoms with Gasteiger partial charge in [0.15, 0.2) is 9.90 Å². The van der Waals surface area contributed by atoms with E-state index in [1.807, 2.05) is 0 Å². The molecule has 1 aromatic rings. The van der Waals surface area contributed by atoms with Crippen LogP contribution in [0.4, 0.5) is 0 Å². The number of rotatable bonds is 6. The van der Waals surface area contributed by atoms with E-state index in [4.69, 9.17) is 5.11 Å². The fourth-order valence-electron chi connectivity index (χ4n) is 2.40. The Labute approximate surface area is 120 Å². The van der Waals surface area contributed by atoms with Gasteiger partial charge in [0.05, 0.1) is 5.51 Å². The van der Waals surface area contributed by atoms with Crippen molar-refractivity contribution in [2.45, 2.75) is 29.9 Å². The summed E-state index contributed by atoms with van der Waals surface area (Å²) in [5.41, 5.74) is 0.295. The summed E-state index contributed by atoms with van der Waals surface area (Å²) in [6.45, 7) is 0.0345. The van der Waals surface area contributed by atoms with Gasteiger partial charge in [0, 0.05) is 18.6 Å². The van der Waals surface area contributed by atoms with Gasteiger partial charge in [0.25, 0.3) is 10.0 Å². The van der Waals surface area contributed by atoms with Gasteiger partial charge in [-0.3, -0.25) is 0 Å². The topological polar surface area (TPSA) is 117 Å². The van der Waals surface area contributed by atoms with Gasteiger partial charge in [-0.25, -0.2) is 22.9 Å². The number of aromatic nitrogens is 1. The number of carbonyl (C=O) groups is 1. The Morgan fingerprint density at radius 1 is 1.45 bits per heavy atom. The van der Waals surface area contributed by atoms with Gasteiger partial charge in [-0.05, 0) is 12.8 Å². The first-order valence-electron chi connectivity index (χ1n) is 6.17. The molecule has 20 heavy (non-hydrogen) atoms. The van der Waals surface area contributed by atoms with E-state index in [-0.39, 0.29) is 17.4 Å². The van der Waals surface area contributed by atoms with Crippen molar-refractivity contribution in [3.8, 4) is 0 Å². The second kappa shape index (κ2) is 5.76. The van der Waals surface area contributed by atoms with Crippen molar-refractivity contribution in [1.82, 2.24) is 9.71 Å². The molecule has 0 unspecified atom stereocenters. The van der Waals surface area contributed by atoms with Crippen LogP contribution in [0.1, 0.15) is 36.2 Å². The number of sulfonamides is 1. The molecule has 1 fully saturated rings. The summed E-state index contributed by atoms with van der Waals surface area (Å²) in [5, 5.41) is 18.4. The zero-order valence-electron chi connectivity index (χ0n) is 10.7. The first-order valence-corrected chi connectivity index (χ1v) is 8.54. The quantitative estimate of drug-likeness (QED) is 0.709. The predicted octanol–water partition coefficient (Wildman–Crippen LogP) is 0.672. The van der Waals surface area contributed by atoms with Gasteiger partial charge in [-0.15, -0.1) is 11.3 Å². The largest absolute Gasteiger partial charge is 0.476 e. The van der Waals surface area contributed by atoms with Crippen LogP contribution in [0.5, 0.6) is 0 Å². The number of hydrogen-bond acceptors (Lipinski definition) is 6. The molecule has 0 saturated heterocycles. The van der Waals surface area contributed by atoms with E-state index in [1.54, 1.807) is 0 Å². The van der Waals surface area contributed by atoms with Crippen molar-refractivity contribution in [2.24, 2.45) is 5.41 Å². The van der Waals surface area contributed by atoms with Crippen LogP contribution in [0.25, 0.3) is 0 Å². The molecule has 2 rings (SSSR count). The van der Waals surface area contributed by atoms with Crippen LogP contribution in [0.2, 0.25) is 0 Å². The molecule has 9 heteroatoms. The maximum atomic E-state index is 12.1. The lowest BCUT2D eigenvalue weighted by atomic mass is 9.88. The number of hydrogen-bond donors (Lipinski definition) is 3. The van der Waals surface area contributed by atoms with E-state index in [9.17, 15) is 18.3 Å². The zero-order chi connectivity index (χ0) is 14.8. The molecule has 0 radical (unpaired) electrons. The van der Waals surface area contributed by atoms with Crippen molar-refractivity contribution in [1.29, 1.82) is 0 Å². The van der Waals surface area contributed by atoms with Gasteiger partial charge in [0.1, 0.15) is 0 Å². The second-order valence-corrected chi connectivity index (χ2v) is 7.80. The normalized spacial score (nSPS) is 18.2. The average Bonchev–Trinajstić information content (AvgIpc) is 3.06. The third-order valence-electron chi connectivity index (χ3n) is 3.62. The van der Waals surface area contributed by atoms with Gasteiger partial charge in [-0.2, -0.15) is 0 Å². The van der Waals surface area contributed by atoms with Gasteiger partial charge in [-0.1, -0.05) is 12.8 Å². The Balaban J connectivity index is 2.15. The molecular weight excluding hydrogens is 304 g/mol. The highest BCUT2D eigenvalue weighted by Gasteiger charge is 2.35. The highest BCUT2D eigenvalue weighted by Crippen LogP contribution is 2.37. The number of aliphatic hydroxyl groups is 1. The van der Waals surface area contributed by atoms with Crippen LogP contribution in [-0.2, 0) is 10.0 Å². The molecule has 3 N–H and O–H groups in total. The minimum atomic E-state index is -3.91. The molecule has 7 nitrogen and oxygen atoms in total. The molecule has 0 aliphatic heterocycles. The summed E-state index contributed by atoms with van der Waals surface area (Å²) in [6.07, 6.45) is 3.45. The van der Waals surface area contributed by atoms with Crippen molar-refractivity contribution in [3.05, 3.63) is 11.2 Å². The summed E-state index contributed by atoms with van der Waals surface area (Å²) in [7, 11) is -3.91. The summed E-state index contributed by atoms with van der Waals surface area (Å²) >= 11 is 0.769. The summed E-state index contributed by atoms with van der Waals surface area (Å²) in [4.78, 5) is 14.5. The molecule has 1 aromatic heterocycles. The van der Waals surface area contributed by atoms with Crippen LogP contribution < -0.4 is 4.72 Å². The van der Waals surface area contributed by atoms with Crippen molar-refractivity contribution >= 4 is 27.3 Å². The van der Waals surface area contributed by atoms with E-state index in [0.29, 0.717) is 0 Å². The molecule has 0 amide bonds. The van der Waals surface area contributed by atoms with E-state index in [1.165, 1.54) is 5.51 Å². The van der Waals surface area contributed by atoms with Crippen LogP contribution in [0.15, 0.2) is 9.72 Å². The number of carboxylic acids is 1. The van der Waals surface area contributed by atoms with Gasteiger partial charge >= 0.3 is 5.97 Å². The lowest BCUT2D eigenvalue weighted by Crippen LogP contribution is -2.38. The maximum Gasteiger partial charge on any atom is 0.356 e. The number of nitrogens with zero attached hydrogens (tertiary/aromatic N) is 1. The van der Waals surface area contributed by atoms with Crippen molar-refractivity contribution < 1.29 is 23.4 Å². The monoisotopic (exact) mass is 320 g/mol. The Kier molecular flexibility index (Phi) is 4.43.